The van der Waals surface area contributed by atoms with E-state index in [-0.39, 0.29) is 19.2 Å². The van der Waals surface area contributed by atoms with E-state index < -0.39 is 5.97 Å². The summed E-state index contributed by atoms with van der Waals surface area (Å²) in [6.07, 6.45) is 3.17. The highest BCUT2D eigenvalue weighted by Gasteiger charge is 1.92. The predicted molar refractivity (Wildman–Crippen MR) is 50.2 cm³/mol. The second-order valence-electron chi connectivity index (χ2n) is 2.25. The number of esters is 2. The van der Waals surface area contributed by atoms with Gasteiger partial charge in [-0.05, 0) is 19.1 Å². The zero-order valence-corrected chi connectivity index (χ0v) is 8.20. The van der Waals surface area contributed by atoms with Crippen LogP contribution in [0.5, 0.6) is 0 Å². The Labute approximate surface area is 82.9 Å². The molecule has 0 aliphatic rings. The van der Waals surface area contributed by atoms with Crippen LogP contribution in [0, 0.1) is 11.8 Å². The van der Waals surface area contributed by atoms with Crippen molar-refractivity contribution in [3.63, 3.8) is 0 Å². The van der Waals surface area contributed by atoms with Gasteiger partial charge in [0, 0.05) is 12.8 Å². The largest absolute Gasteiger partial charge is 0.462 e. The third-order valence-corrected chi connectivity index (χ3v) is 1.09. The molecule has 4 heteroatoms. The van der Waals surface area contributed by atoms with Crippen molar-refractivity contribution in [1.29, 1.82) is 0 Å². The van der Waals surface area contributed by atoms with E-state index in [1.165, 1.54) is 6.92 Å². The Hall–Kier alpha value is -1.76. The monoisotopic (exact) mass is 196 g/mol. The van der Waals surface area contributed by atoms with Gasteiger partial charge in [0.1, 0.15) is 13.2 Å². The van der Waals surface area contributed by atoms with E-state index in [4.69, 9.17) is 0 Å². The van der Waals surface area contributed by atoms with Crippen LogP contribution in [0.4, 0.5) is 0 Å². The lowest BCUT2D eigenvalue weighted by atomic mass is 10.5. The number of carbonyl (C=O) groups excluding carboxylic acids is 2. The molecular weight excluding hydrogens is 184 g/mol. The maximum atomic E-state index is 10.7. The summed E-state index contributed by atoms with van der Waals surface area (Å²) >= 11 is 0. The van der Waals surface area contributed by atoms with Gasteiger partial charge in [0.15, 0.2) is 0 Å². The fraction of sp³-hybridized carbons (Fsp3) is 0.400. The van der Waals surface area contributed by atoms with Crippen molar-refractivity contribution in [3.8, 4) is 11.8 Å². The highest BCUT2D eigenvalue weighted by molar-refractivity contribution is 5.88. The second-order valence-corrected chi connectivity index (χ2v) is 2.25. The Morgan fingerprint density at radius 3 is 2.29 bits per heavy atom. The normalized spacial score (nSPS) is 9.00. The summed E-state index contributed by atoms with van der Waals surface area (Å²) < 4.78 is 9.25. The minimum atomic E-state index is -0.565. The summed E-state index contributed by atoms with van der Waals surface area (Å²) in [6.45, 7) is 3.20. The van der Waals surface area contributed by atoms with E-state index in [9.17, 15) is 9.59 Å². The number of hydrogen-bond acceptors (Lipinski definition) is 4. The first kappa shape index (κ1) is 12.2. The predicted octanol–water partition coefficient (Wildman–Crippen LogP) is 0.672. The first-order valence-corrected chi connectivity index (χ1v) is 4.04. The number of carbonyl (C=O) groups is 2. The van der Waals surface area contributed by atoms with Gasteiger partial charge in [-0.1, -0.05) is 5.92 Å². The van der Waals surface area contributed by atoms with Gasteiger partial charge in [0.25, 0.3) is 0 Å². The molecule has 0 saturated carbocycles. The lowest BCUT2D eigenvalue weighted by molar-refractivity contribution is -0.140. The van der Waals surface area contributed by atoms with Gasteiger partial charge < -0.3 is 9.47 Å². The van der Waals surface area contributed by atoms with Crippen LogP contribution in [0.1, 0.15) is 13.8 Å². The molecule has 0 fully saturated rings. The molecule has 0 aromatic heterocycles. The van der Waals surface area contributed by atoms with E-state index in [0.717, 1.165) is 0 Å². The van der Waals surface area contributed by atoms with Crippen molar-refractivity contribution >= 4 is 11.9 Å². The number of ether oxygens (including phenoxy) is 2. The number of hydrogen-bond donors (Lipinski definition) is 0. The molecule has 0 aromatic rings. The third kappa shape index (κ3) is 8.34. The van der Waals surface area contributed by atoms with Gasteiger partial charge in [0.2, 0.25) is 0 Å². The molecule has 0 heterocycles. The summed E-state index contributed by atoms with van der Waals surface area (Å²) in [7, 11) is 0. The summed E-state index contributed by atoms with van der Waals surface area (Å²) in [5, 5.41) is 0. The third-order valence-electron chi connectivity index (χ3n) is 1.09. The Morgan fingerprint density at radius 2 is 1.79 bits per heavy atom. The molecule has 0 rings (SSSR count). The Bertz CT molecular complexity index is 280. The summed E-state index contributed by atoms with van der Waals surface area (Å²) in [6, 6.07) is 0. The van der Waals surface area contributed by atoms with Crippen molar-refractivity contribution in [2.24, 2.45) is 0 Å². The van der Waals surface area contributed by atoms with Crippen molar-refractivity contribution < 1.29 is 19.1 Å². The van der Waals surface area contributed by atoms with Gasteiger partial charge in [-0.15, -0.1) is 0 Å². The molecule has 0 aromatic carbocycles. The van der Waals surface area contributed by atoms with Crippen LogP contribution in [-0.4, -0.2) is 25.2 Å². The van der Waals surface area contributed by atoms with Crippen LogP contribution in [-0.2, 0) is 19.1 Å². The Morgan fingerprint density at radius 1 is 1.21 bits per heavy atom. The molecule has 0 unspecified atom stereocenters. The van der Waals surface area contributed by atoms with Crippen LogP contribution >= 0.6 is 0 Å². The number of rotatable bonds is 4. The van der Waals surface area contributed by atoms with Crippen LogP contribution in [0.15, 0.2) is 12.2 Å². The summed E-state index contributed by atoms with van der Waals surface area (Å²) in [4.78, 5) is 21.0. The first-order valence-electron chi connectivity index (χ1n) is 4.04. The molecule has 14 heavy (non-hydrogen) atoms. The van der Waals surface area contributed by atoms with E-state index in [0.29, 0.717) is 0 Å². The molecule has 0 spiro atoms. The fourth-order valence-corrected chi connectivity index (χ4v) is 0.563. The topological polar surface area (TPSA) is 52.6 Å². The molecule has 0 aliphatic carbocycles. The fourth-order valence-electron chi connectivity index (χ4n) is 0.563. The van der Waals surface area contributed by atoms with E-state index in [1.54, 1.807) is 19.1 Å². The maximum absolute atomic E-state index is 10.7. The van der Waals surface area contributed by atoms with Gasteiger partial charge in [-0.2, -0.15) is 0 Å². The average molecular weight is 196 g/mol. The smallest absolute Gasteiger partial charge is 0.384 e. The van der Waals surface area contributed by atoms with E-state index >= 15 is 0 Å². The zero-order valence-electron chi connectivity index (χ0n) is 8.20. The first-order chi connectivity index (χ1) is 6.66. The van der Waals surface area contributed by atoms with Gasteiger partial charge in [0.05, 0.1) is 0 Å². The van der Waals surface area contributed by atoms with Crippen LogP contribution in [0.25, 0.3) is 0 Å². The molecule has 4 nitrogen and oxygen atoms in total. The standard InChI is InChI=1S/C10H12O4/c1-3-6-10(12)14-8-5-4-7-13-9(2)11/h4-5H,7-8H2,1-2H3/b5-4-. The Balaban J connectivity index is 3.47. The average Bonchev–Trinajstić information content (AvgIpc) is 2.11. The minimum Gasteiger partial charge on any atom is -0.462 e. The van der Waals surface area contributed by atoms with Gasteiger partial charge in [-0.25, -0.2) is 4.79 Å². The minimum absolute atomic E-state index is 0.134. The molecule has 0 aliphatic heterocycles. The van der Waals surface area contributed by atoms with Crippen molar-refractivity contribution in [1.82, 2.24) is 0 Å². The Kier molecular flexibility index (Phi) is 6.88. The lowest BCUT2D eigenvalue weighted by Gasteiger charge is -1.95. The second kappa shape index (κ2) is 7.87. The molecule has 0 saturated heterocycles. The van der Waals surface area contributed by atoms with Crippen LogP contribution < -0.4 is 0 Å². The van der Waals surface area contributed by atoms with E-state index in [1.807, 2.05) is 0 Å². The molecule has 0 bridgehead atoms. The molecular formula is C10H12O4. The van der Waals surface area contributed by atoms with Crippen LogP contribution in [0.2, 0.25) is 0 Å². The lowest BCUT2D eigenvalue weighted by Crippen LogP contribution is -2.01. The highest BCUT2D eigenvalue weighted by Crippen LogP contribution is 1.82. The molecule has 0 N–H and O–H groups in total. The quantitative estimate of drug-likeness (QED) is 0.287. The SMILES string of the molecule is CC#CC(=O)OC/C=C\COC(C)=O. The van der Waals surface area contributed by atoms with Crippen molar-refractivity contribution in [2.75, 3.05) is 13.2 Å². The molecule has 0 amide bonds. The van der Waals surface area contributed by atoms with E-state index in [2.05, 4.69) is 21.3 Å². The highest BCUT2D eigenvalue weighted by atomic mass is 16.5. The molecule has 76 valence electrons. The summed E-state index contributed by atoms with van der Waals surface area (Å²) in [5.41, 5.74) is 0. The van der Waals surface area contributed by atoms with Crippen molar-refractivity contribution in [2.45, 2.75) is 13.8 Å². The van der Waals surface area contributed by atoms with Crippen LogP contribution in [0.3, 0.4) is 0 Å². The summed E-state index contributed by atoms with van der Waals surface area (Å²) in [5.74, 6) is 3.73. The van der Waals surface area contributed by atoms with Gasteiger partial charge in [-0.3, -0.25) is 4.79 Å². The zero-order chi connectivity index (χ0) is 10.8. The van der Waals surface area contributed by atoms with Gasteiger partial charge >= 0.3 is 11.9 Å². The molecule has 0 radical (unpaired) electrons. The van der Waals surface area contributed by atoms with Crippen molar-refractivity contribution in [3.05, 3.63) is 12.2 Å². The molecule has 0 atom stereocenters. The maximum Gasteiger partial charge on any atom is 0.384 e.